The zero-order valence-corrected chi connectivity index (χ0v) is 12.0. The molecule has 110 valence electrons. The van der Waals surface area contributed by atoms with Gasteiger partial charge < -0.3 is 14.8 Å². The first-order valence-corrected chi connectivity index (χ1v) is 6.61. The van der Waals surface area contributed by atoms with Crippen molar-refractivity contribution in [3.8, 4) is 11.3 Å². The van der Waals surface area contributed by atoms with E-state index in [1.807, 2.05) is 32.0 Å². The fourth-order valence-corrected chi connectivity index (χ4v) is 2.40. The van der Waals surface area contributed by atoms with Crippen molar-refractivity contribution in [1.29, 1.82) is 0 Å². The standard InChI is InChI=1S/C16H17NO4/c1-10-3-4-12(11(2)9-10)14-6-5-13(16(20)21)15(19)17(14)7-8-18/h3-6,9,18H,7-8H2,1-2H3,(H,20,21). The summed E-state index contributed by atoms with van der Waals surface area (Å²) in [5, 5.41) is 18.2. The molecular formula is C16H17NO4. The molecule has 2 aromatic rings. The van der Waals surface area contributed by atoms with Crippen molar-refractivity contribution in [2.24, 2.45) is 0 Å². The lowest BCUT2D eigenvalue weighted by molar-refractivity contribution is 0.0694. The molecule has 0 aliphatic heterocycles. The van der Waals surface area contributed by atoms with Crippen molar-refractivity contribution in [1.82, 2.24) is 4.57 Å². The number of aromatic carboxylic acids is 1. The molecule has 0 aliphatic rings. The fourth-order valence-electron chi connectivity index (χ4n) is 2.40. The van der Waals surface area contributed by atoms with Crippen molar-refractivity contribution in [2.75, 3.05) is 6.61 Å². The molecule has 2 rings (SSSR count). The Morgan fingerprint density at radius 1 is 1.19 bits per heavy atom. The van der Waals surface area contributed by atoms with E-state index in [1.54, 1.807) is 6.07 Å². The maximum atomic E-state index is 12.2. The van der Waals surface area contributed by atoms with Crippen LogP contribution in [0.3, 0.4) is 0 Å². The molecule has 1 heterocycles. The van der Waals surface area contributed by atoms with Crippen LogP contribution in [-0.2, 0) is 6.54 Å². The molecule has 0 bridgehead atoms. The normalized spacial score (nSPS) is 10.6. The molecule has 0 aliphatic carbocycles. The van der Waals surface area contributed by atoms with Gasteiger partial charge in [0.05, 0.1) is 12.3 Å². The number of carboxylic acids is 1. The molecule has 0 saturated carbocycles. The summed E-state index contributed by atoms with van der Waals surface area (Å²) in [6, 6.07) is 8.74. The molecule has 0 unspecified atom stereocenters. The Hall–Kier alpha value is -2.40. The van der Waals surface area contributed by atoms with Crippen molar-refractivity contribution >= 4 is 5.97 Å². The minimum atomic E-state index is -1.26. The van der Waals surface area contributed by atoms with Gasteiger partial charge in [0.2, 0.25) is 0 Å². The largest absolute Gasteiger partial charge is 0.477 e. The van der Waals surface area contributed by atoms with Crippen LogP contribution < -0.4 is 5.56 Å². The molecule has 5 nitrogen and oxygen atoms in total. The highest BCUT2D eigenvalue weighted by molar-refractivity contribution is 5.87. The third-order valence-corrected chi connectivity index (χ3v) is 3.39. The third kappa shape index (κ3) is 2.87. The number of carboxylic acid groups (broad SMARTS) is 1. The van der Waals surface area contributed by atoms with Gasteiger partial charge in [0.25, 0.3) is 5.56 Å². The highest BCUT2D eigenvalue weighted by Gasteiger charge is 2.15. The Labute approximate surface area is 122 Å². The smallest absolute Gasteiger partial charge is 0.341 e. The summed E-state index contributed by atoms with van der Waals surface area (Å²) in [7, 11) is 0. The van der Waals surface area contributed by atoms with Crippen LogP contribution in [0.25, 0.3) is 11.3 Å². The molecule has 0 spiro atoms. The number of carbonyl (C=O) groups is 1. The molecule has 0 saturated heterocycles. The van der Waals surface area contributed by atoms with Crippen LogP contribution in [0.15, 0.2) is 35.1 Å². The lowest BCUT2D eigenvalue weighted by atomic mass is 10.0. The zero-order chi connectivity index (χ0) is 15.6. The van der Waals surface area contributed by atoms with Crippen LogP contribution in [0, 0.1) is 13.8 Å². The van der Waals surface area contributed by atoms with Crippen LogP contribution in [0.1, 0.15) is 21.5 Å². The Morgan fingerprint density at radius 3 is 2.48 bits per heavy atom. The molecule has 0 amide bonds. The Balaban J connectivity index is 2.71. The van der Waals surface area contributed by atoms with Crippen LogP contribution in [0.4, 0.5) is 0 Å². The second-order valence-electron chi connectivity index (χ2n) is 4.94. The molecule has 1 aromatic carbocycles. The average molecular weight is 287 g/mol. The van der Waals surface area contributed by atoms with E-state index in [-0.39, 0.29) is 18.7 Å². The maximum Gasteiger partial charge on any atom is 0.341 e. The highest BCUT2D eigenvalue weighted by Crippen LogP contribution is 2.23. The fraction of sp³-hybridized carbons (Fsp3) is 0.250. The first-order valence-electron chi connectivity index (χ1n) is 6.61. The second-order valence-corrected chi connectivity index (χ2v) is 4.94. The van der Waals surface area contributed by atoms with Gasteiger partial charge in [-0.2, -0.15) is 0 Å². The summed E-state index contributed by atoms with van der Waals surface area (Å²) >= 11 is 0. The van der Waals surface area contributed by atoms with E-state index < -0.39 is 11.5 Å². The Morgan fingerprint density at radius 2 is 1.90 bits per heavy atom. The maximum absolute atomic E-state index is 12.2. The predicted octanol–water partition coefficient (Wildman–Crippen LogP) is 1.82. The number of aromatic nitrogens is 1. The molecule has 5 heteroatoms. The van der Waals surface area contributed by atoms with Crippen molar-refractivity contribution in [3.05, 3.63) is 57.4 Å². The van der Waals surface area contributed by atoms with Gasteiger partial charge in [-0.1, -0.05) is 23.8 Å². The van der Waals surface area contributed by atoms with Gasteiger partial charge in [-0.3, -0.25) is 4.79 Å². The third-order valence-electron chi connectivity index (χ3n) is 3.39. The van der Waals surface area contributed by atoms with Gasteiger partial charge in [0, 0.05) is 12.1 Å². The number of hydrogen-bond acceptors (Lipinski definition) is 3. The SMILES string of the molecule is Cc1ccc(-c2ccc(C(=O)O)c(=O)n2CCO)c(C)c1. The van der Waals surface area contributed by atoms with Gasteiger partial charge in [-0.25, -0.2) is 4.79 Å². The number of hydrogen-bond donors (Lipinski definition) is 2. The summed E-state index contributed by atoms with van der Waals surface area (Å²) in [6.07, 6.45) is 0. The number of benzene rings is 1. The second kappa shape index (κ2) is 5.93. The summed E-state index contributed by atoms with van der Waals surface area (Å²) < 4.78 is 1.31. The molecule has 21 heavy (non-hydrogen) atoms. The van der Waals surface area contributed by atoms with E-state index in [9.17, 15) is 9.59 Å². The van der Waals surface area contributed by atoms with Crippen molar-refractivity contribution in [2.45, 2.75) is 20.4 Å². The lowest BCUT2D eigenvalue weighted by Gasteiger charge is -2.15. The lowest BCUT2D eigenvalue weighted by Crippen LogP contribution is -2.28. The van der Waals surface area contributed by atoms with Crippen LogP contribution in [0.5, 0.6) is 0 Å². The number of aliphatic hydroxyl groups is 1. The van der Waals surface area contributed by atoms with Crippen LogP contribution >= 0.6 is 0 Å². The van der Waals surface area contributed by atoms with Gasteiger partial charge in [0.15, 0.2) is 0 Å². The Kier molecular flexibility index (Phi) is 4.23. The van der Waals surface area contributed by atoms with Gasteiger partial charge in [-0.15, -0.1) is 0 Å². The van der Waals surface area contributed by atoms with Gasteiger partial charge in [-0.05, 0) is 31.5 Å². The van der Waals surface area contributed by atoms with Crippen LogP contribution in [-0.4, -0.2) is 27.4 Å². The minimum Gasteiger partial charge on any atom is -0.477 e. The summed E-state index contributed by atoms with van der Waals surface area (Å²) in [4.78, 5) is 23.3. The number of rotatable bonds is 4. The quantitative estimate of drug-likeness (QED) is 0.899. The first-order chi connectivity index (χ1) is 9.95. The number of aryl methyl sites for hydroxylation is 2. The summed E-state index contributed by atoms with van der Waals surface area (Å²) in [5.74, 6) is -1.26. The van der Waals surface area contributed by atoms with Crippen LogP contribution in [0.2, 0.25) is 0 Å². The molecule has 2 N–H and O–H groups in total. The summed E-state index contributed by atoms with van der Waals surface area (Å²) in [5.41, 5.74) is 2.66. The Bertz CT molecular complexity index is 746. The first kappa shape index (κ1) is 15.0. The van der Waals surface area contributed by atoms with Crippen molar-refractivity contribution in [3.63, 3.8) is 0 Å². The zero-order valence-electron chi connectivity index (χ0n) is 12.0. The van der Waals surface area contributed by atoms with Gasteiger partial charge >= 0.3 is 5.97 Å². The number of pyridine rings is 1. The van der Waals surface area contributed by atoms with E-state index in [2.05, 4.69) is 0 Å². The molecule has 0 atom stereocenters. The van der Waals surface area contributed by atoms with E-state index in [1.165, 1.54) is 10.6 Å². The summed E-state index contributed by atoms with van der Waals surface area (Å²) in [6.45, 7) is 3.73. The van der Waals surface area contributed by atoms with E-state index >= 15 is 0 Å². The molecule has 0 radical (unpaired) electrons. The molecular weight excluding hydrogens is 270 g/mol. The van der Waals surface area contributed by atoms with E-state index in [4.69, 9.17) is 10.2 Å². The number of aliphatic hydroxyl groups excluding tert-OH is 1. The monoisotopic (exact) mass is 287 g/mol. The topological polar surface area (TPSA) is 79.5 Å². The highest BCUT2D eigenvalue weighted by atomic mass is 16.4. The van der Waals surface area contributed by atoms with E-state index in [0.29, 0.717) is 5.69 Å². The average Bonchev–Trinajstić information content (AvgIpc) is 2.41. The van der Waals surface area contributed by atoms with Gasteiger partial charge in [0.1, 0.15) is 5.56 Å². The van der Waals surface area contributed by atoms with Crippen molar-refractivity contribution < 1.29 is 15.0 Å². The molecule has 1 aromatic heterocycles. The molecule has 0 fully saturated rings. The minimum absolute atomic E-state index is 0.0581. The predicted molar refractivity (Wildman–Crippen MR) is 79.7 cm³/mol. The van der Waals surface area contributed by atoms with E-state index in [0.717, 1.165) is 16.7 Å². The number of nitrogens with zero attached hydrogens (tertiary/aromatic N) is 1.